The number of hydrogen-bond acceptors (Lipinski definition) is 4. The minimum absolute atomic E-state index is 0.0632. The molecule has 1 fully saturated rings. The lowest BCUT2D eigenvalue weighted by Crippen LogP contribution is -2.32. The fourth-order valence-electron chi connectivity index (χ4n) is 2.87. The Morgan fingerprint density at radius 1 is 1.16 bits per heavy atom. The summed E-state index contributed by atoms with van der Waals surface area (Å²) in [6.07, 6.45) is 5.48. The summed E-state index contributed by atoms with van der Waals surface area (Å²) in [5, 5.41) is 2.84. The van der Waals surface area contributed by atoms with Crippen LogP contribution in [0.3, 0.4) is 0 Å². The van der Waals surface area contributed by atoms with Crippen molar-refractivity contribution in [3.05, 3.63) is 59.0 Å². The van der Waals surface area contributed by atoms with E-state index in [1.807, 2.05) is 28.8 Å². The number of carbonyl (C=O) groups excluding carboxylic acids is 1. The van der Waals surface area contributed by atoms with Crippen LogP contribution in [0, 0.1) is 0 Å². The van der Waals surface area contributed by atoms with Gasteiger partial charge in [0.25, 0.3) is 5.56 Å². The standard InChI is InChI=1S/C18H19N5O2/c24-17(10-23-12-20-14-3-1-2-4-16(14)23)19-7-8-22-11-21-15(9-18(22)25)13-5-6-13/h1-4,9,11-13H,5-8,10H2,(H,19,24). The number of hydrogen-bond donors (Lipinski definition) is 1. The number of fused-ring (bicyclic) bond motifs is 1. The van der Waals surface area contributed by atoms with Gasteiger partial charge in [0.15, 0.2) is 0 Å². The summed E-state index contributed by atoms with van der Waals surface area (Å²) in [6.45, 7) is 0.997. The summed E-state index contributed by atoms with van der Waals surface area (Å²) in [7, 11) is 0. The summed E-state index contributed by atoms with van der Waals surface area (Å²) in [5.74, 6) is 0.353. The highest BCUT2D eigenvalue weighted by Gasteiger charge is 2.25. The first-order chi connectivity index (χ1) is 12.2. The second kappa shape index (κ2) is 6.51. The van der Waals surface area contributed by atoms with Gasteiger partial charge in [0, 0.05) is 25.1 Å². The fraction of sp³-hybridized carbons (Fsp3) is 0.333. The number of carbonyl (C=O) groups is 1. The van der Waals surface area contributed by atoms with Gasteiger partial charge in [-0.05, 0) is 25.0 Å². The van der Waals surface area contributed by atoms with Gasteiger partial charge in [-0.25, -0.2) is 9.97 Å². The van der Waals surface area contributed by atoms with Crippen LogP contribution in [-0.2, 0) is 17.9 Å². The van der Waals surface area contributed by atoms with Crippen molar-refractivity contribution in [3.8, 4) is 0 Å². The van der Waals surface area contributed by atoms with E-state index in [1.165, 1.54) is 4.57 Å². The first-order valence-electron chi connectivity index (χ1n) is 8.43. The Bertz CT molecular complexity index is 971. The number of para-hydroxylation sites is 2. The minimum atomic E-state index is -0.112. The number of nitrogens with zero attached hydrogens (tertiary/aromatic N) is 4. The zero-order valence-electron chi connectivity index (χ0n) is 13.8. The molecule has 2 heterocycles. The van der Waals surface area contributed by atoms with Crippen LogP contribution >= 0.6 is 0 Å². The smallest absolute Gasteiger partial charge is 0.253 e. The number of amides is 1. The van der Waals surface area contributed by atoms with Crippen LogP contribution in [0.5, 0.6) is 0 Å². The van der Waals surface area contributed by atoms with Gasteiger partial charge in [-0.2, -0.15) is 0 Å². The SMILES string of the molecule is O=C(Cn1cnc2ccccc21)NCCn1cnc(C2CC2)cc1=O. The maximum atomic E-state index is 12.1. The quantitative estimate of drug-likeness (QED) is 0.735. The predicted molar refractivity (Wildman–Crippen MR) is 93.2 cm³/mol. The summed E-state index contributed by atoms with van der Waals surface area (Å²) in [6, 6.07) is 9.29. The van der Waals surface area contributed by atoms with Gasteiger partial charge < -0.3 is 9.88 Å². The van der Waals surface area contributed by atoms with E-state index in [2.05, 4.69) is 15.3 Å². The Labute approximate surface area is 144 Å². The number of aromatic nitrogens is 4. The molecule has 1 N–H and O–H groups in total. The molecule has 0 spiro atoms. The Kier molecular flexibility index (Phi) is 4.05. The number of nitrogens with one attached hydrogen (secondary N) is 1. The lowest BCUT2D eigenvalue weighted by atomic mass is 10.3. The molecule has 0 aliphatic heterocycles. The molecule has 1 aromatic carbocycles. The van der Waals surface area contributed by atoms with Gasteiger partial charge in [-0.15, -0.1) is 0 Å². The summed E-state index contributed by atoms with van der Waals surface area (Å²) in [5.41, 5.74) is 2.61. The second-order valence-electron chi connectivity index (χ2n) is 6.33. The Hall–Kier alpha value is -2.96. The molecule has 2 aromatic heterocycles. The third kappa shape index (κ3) is 3.45. The van der Waals surface area contributed by atoms with E-state index >= 15 is 0 Å². The zero-order chi connectivity index (χ0) is 17.2. The van der Waals surface area contributed by atoms with Crippen molar-refractivity contribution < 1.29 is 4.79 Å². The monoisotopic (exact) mass is 337 g/mol. The lowest BCUT2D eigenvalue weighted by Gasteiger charge is -2.09. The number of benzene rings is 1. The van der Waals surface area contributed by atoms with E-state index in [0.29, 0.717) is 19.0 Å². The molecule has 7 nitrogen and oxygen atoms in total. The van der Waals surface area contributed by atoms with E-state index in [1.54, 1.807) is 18.7 Å². The summed E-state index contributed by atoms with van der Waals surface area (Å²) in [4.78, 5) is 32.8. The maximum absolute atomic E-state index is 12.1. The van der Waals surface area contributed by atoms with Crippen LogP contribution in [0.25, 0.3) is 11.0 Å². The molecule has 25 heavy (non-hydrogen) atoms. The average molecular weight is 337 g/mol. The molecule has 0 unspecified atom stereocenters. The molecule has 128 valence electrons. The Morgan fingerprint density at radius 3 is 2.76 bits per heavy atom. The van der Waals surface area contributed by atoms with Crippen molar-refractivity contribution in [1.82, 2.24) is 24.4 Å². The van der Waals surface area contributed by atoms with Crippen molar-refractivity contribution in [2.75, 3.05) is 6.54 Å². The molecule has 1 saturated carbocycles. The normalized spacial score (nSPS) is 13.9. The van der Waals surface area contributed by atoms with E-state index in [4.69, 9.17) is 0 Å². The molecule has 0 atom stereocenters. The first kappa shape index (κ1) is 15.6. The van der Waals surface area contributed by atoms with Crippen LogP contribution < -0.4 is 10.9 Å². The fourth-order valence-corrected chi connectivity index (χ4v) is 2.87. The summed E-state index contributed by atoms with van der Waals surface area (Å²) >= 11 is 0. The number of imidazole rings is 1. The van der Waals surface area contributed by atoms with Crippen LogP contribution in [0.15, 0.2) is 47.8 Å². The van der Waals surface area contributed by atoms with Gasteiger partial charge in [0.05, 0.1) is 29.4 Å². The molecule has 4 rings (SSSR count). The first-order valence-corrected chi connectivity index (χ1v) is 8.43. The van der Waals surface area contributed by atoms with Crippen molar-refractivity contribution in [3.63, 3.8) is 0 Å². The molecule has 1 aliphatic carbocycles. The van der Waals surface area contributed by atoms with Crippen molar-refractivity contribution in [1.29, 1.82) is 0 Å². The largest absolute Gasteiger partial charge is 0.353 e. The van der Waals surface area contributed by atoms with Crippen molar-refractivity contribution in [2.24, 2.45) is 0 Å². The molecule has 0 saturated heterocycles. The van der Waals surface area contributed by atoms with E-state index in [9.17, 15) is 9.59 Å². The maximum Gasteiger partial charge on any atom is 0.253 e. The van der Waals surface area contributed by atoms with Crippen LogP contribution in [0.4, 0.5) is 0 Å². The third-order valence-electron chi connectivity index (χ3n) is 4.41. The highest BCUT2D eigenvalue weighted by atomic mass is 16.2. The molecular formula is C18H19N5O2. The lowest BCUT2D eigenvalue weighted by molar-refractivity contribution is -0.121. The highest BCUT2D eigenvalue weighted by Crippen LogP contribution is 2.38. The molecule has 3 aromatic rings. The van der Waals surface area contributed by atoms with Crippen molar-refractivity contribution >= 4 is 16.9 Å². The summed E-state index contributed by atoms with van der Waals surface area (Å²) < 4.78 is 3.33. The van der Waals surface area contributed by atoms with E-state index in [-0.39, 0.29) is 18.0 Å². The topological polar surface area (TPSA) is 81.8 Å². The Balaban J connectivity index is 1.32. The van der Waals surface area contributed by atoms with E-state index in [0.717, 1.165) is 29.6 Å². The zero-order valence-corrected chi connectivity index (χ0v) is 13.8. The van der Waals surface area contributed by atoms with Gasteiger partial charge >= 0.3 is 0 Å². The second-order valence-corrected chi connectivity index (χ2v) is 6.33. The van der Waals surface area contributed by atoms with Gasteiger partial charge in [0.2, 0.25) is 5.91 Å². The van der Waals surface area contributed by atoms with E-state index < -0.39 is 0 Å². The van der Waals surface area contributed by atoms with Crippen LogP contribution in [0.1, 0.15) is 24.5 Å². The third-order valence-corrected chi connectivity index (χ3v) is 4.41. The average Bonchev–Trinajstić information content (AvgIpc) is 3.39. The van der Waals surface area contributed by atoms with Crippen molar-refractivity contribution in [2.45, 2.75) is 31.8 Å². The predicted octanol–water partition coefficient (Wildman–Crippen LogP) is 1.29. The van der Waals surface area contributed by atoms with Crippen LogP contribution in [0.2, 0.25) is 0 Å². The molecule has 1 amide bonds. The molecule has 1 aliphatic rings. The molecule has 7 heteroatoms. The molecular weight excluding hydrogens is 318 g/mol. The molecule has 0 radical (unpaired) electrons. The number of rotatable bonds is 6. The molecule has 0 bridgehead atoms. The van der Waals surface area contributed by atoms with Gasteiger partial charge in [-0.3, -0.25) is 14.2 Å². The van der Waals surface area contributed by atoms with Gasteiger partial charge in [0.1, 0.15) is 6.54 Å². The minimum Gasteiger partial charge on any atom is -0.353 e. The van der Waals surface area contributed by atoms with Gasteiger partial charge in [-0.1, -0.05) is 12.1 Å². The van der Waals surface area contributed by atoms with Crippen LogP contribution in [-0.4, -0.2) is 31.6 Å². The highest BCUT2D eigenvalue weighted by molar-refractivity contribution is 5.80. The Morgan fingerprint density at radius 2 is 1.96 bits per heavy atom.